The molecule has 3 heteroatoms. The fourth-order valence-electron chi connectivity index (χ4n) is 8.55. The Morgan fingerprint density at radius 3 is 2.63 bits per heavy atom. The Hall–Kier alpha value is -0.570. The number of ether oxygens (including phenoxy) is 2. The summed E-state index contributed by atoms with van der Waals surface area (Å²) >= 11 is 0. The minimum Gasteiger partial charge on any atom is -0.466 e. The zero-order valence-corrected chi connectivity index (χ0v) is 17.8. The second-order valence-corrected chi connectivity index (χ2v) is 10.5. The fraction of sp³-hybridized carbons (Fsp3) is 0.958. The number of rotatable bonds is 5. The van der Waals surface area contributed by atoms with E-state index >= 15 is 0 Å². The van der Waals surface area contributed by atoms with Crippen LogP contribution in [0.4, 0.5) is 0 Å². The van der Waals surface area contributed by atoms with Gasteiger partial charge >= 0.3 is 5.97 Å². The van der Waals surface area contributed by atoms with Crippen molar-refractivity contribution in [1.82, 2.24) is 0 Å². The third-order valence-corrected chi connectivity index (χ3v) is 9.66. The van der Waals surface area contributed by atoms with Gasteiger partial charge in [0.1, 0.15) is 0 Å². The number of carbonyl (C=O) groups is 1. The summed E-state index contributed by atoms with van der Waals surface area (Å²) in [5, 5.41) is 0. The second kappa shape index (κ2) is 7.69. The third kappa shape index (κ3) is 3.26. The quantitative estimate of drug-likeness (QED) is 0.585. The molecule has 0 saturated heterocycles. The molecular weight excluding hydrogens is 336 g/mol. The van der Waals surface area contributed by atoms with Gasteiger partial charge in [0, 0.05) is 14.0 Å². The smallest absolute Gasteiger partial charge is 0.302 e. The number of esters is 1. The molecule has 4 aliphatic carbocycles. The maximum Gasteiger partial charge on any atom is 0.302 e. The number of fused-ring (bicyclic) bond motifs is 5. The van der Waals surface area contributed by atoms with Crippen molar-refractivity contribution < 1.29 is 14.3 Å². The van der Waals surface area contributed by atoms with Crippen LogP contribution in [0.5, 0.6) is 0 Å². The van der Waals surface area contributed by atoms with Crippen LogP contribution in [-0.2, 0) is 14.3 Å². The Kier molecular flexibility index (Phi) is 5.62. The first-order valence-corrected chi connectivity index (χ1v) is 11.6. The average Bonchev–Trinajstić information content (AvgIpc) is 2.98. The summed E-state index contributed by atoms with van der Waals surface area (Å²) in [6.07, 6.45) is 15.2. The molecule has 0 aliphatic heterocycles. The Labute approximate surface area is 165 Å². The zero-order valence-electron chi connectivity index (χ0n) is 17.8. The molecule has 4 fully saturated rings. The van der Waals surface area contributed by atoms with E-state index in [4.69, 9.17) is 9.47 Å². The summed E-state index contributed by atoms with van der Waals surface area (Å²) < 4.78 is 11.2. The molecule has 4 saturated carbocycles. The maximum atomic E-state index is 11.2. The molecule has 4 rings (SSSR count). The average molecular weight is 377 g/mol. The van der Waals surface area contributed by atoms with Crippen molar-refractivity contribution in [2.75, 3.05) is 20.3 Å². The lowest BCUT2D eigenvalue weighted by atomic mass is 9.44. The highest BCUT2D eigenvalue weighted by molar-refractivity contribution is 5.65. The molecule has 154 valence electrons. The number of methoxy groups -OCH3 is 1. The van der Waals surface area contributed by atoms with Crippen LogP contribution >= 0.6 is 0 Å². The fourth-order valence-corrected chi connectivity index (χ4v) is 8.55. The van der Waals surface area contributed by atoms with Crippen LogP contribution in [0.1, 0.15) is 84.5 Å². The molecule has 0 aromatic carbocycles. The largest absolute Gasteiger partial charge is 0.466 e. The second-order valence-electron chi connectivity index (χ2n) is 10.5. The van der Waals surface area contributed by atoms with Crippen molar-refractivity contribution in [3.8, 4) is 0 Å². The standard InChI is InChI=1S/C24H40O3/c1-17(25)27-15-12-18-8-10-21-20-9-7-19-6-4-5-13-24(19,16-26-3)22(20)11-14-23(18,21)2/h18-22H,4-16H2,1-3H3/t18-,19?,20+,21+,22+,23-,24-/m1/s1. The van der Waals surface area contributed by atoms with E-state index in [0.717, 1.165) is 42.6 Å². The lowest BCUT2D eigenvalue weighted by molar-refractivity contribution is -0.147. The molecule has 0 aromatic rings. The summed E-state index contributed by atoms with van der Waals surface area (Å²) in [6.45, 7) is 5.72. The first-order chi connectivity index (χ1) is 13.0. The van der Waals surface area contributed by atoms with Gasteiger partial charge in [0.2, 0.25) is 0 Å². The van der Waals surface area contributed by atoms with Crippen molar-refractivity contribution in [1.29, 1.82) is 0 Å². The van der Waals surface area contributed by atoms with Gasteiger partial charge < -0.3 is 9.47 Å². The zero-order chi connectivity index (χ0) is 19.1. The minimum atomic E-state index is -0.129. The molecule has 3 nitrogen and oxygen atoms in total. The molecule has 27 heavy (non-hydrogen) atoms. The maximum absolute atomic E-state index is 11.2. The first-order valence-electron chi connectivity index (χ1n) is 11.6. The Bertz CT molecular complexity index is 542. The van der Waals surface area contributed by atoms with Gasteiger partial charge in [-0.05, 0) is 98.2 Å². The van der Waals surface area contributed by atoms with E-state index in [9.17, 15) is 4.79 Å². The van der Waals surface area contributed by atoms with Crippen molar-refractivity contribution in [2.24, 2.45) is 40.4 Å². The van der Waals surface area contributed by atoms with E-state index in [2.05, 4.69) is 6.92 Å². The highest BCUT2D eigenvalue weighted by Crippen LogP contribution is 2.67. The Morgan fingerprint density at radius 2 is 1.85 bits per heavy atom. The molecule has 0 heterocycles. The summed E-state index contributed by atoms with van der Waals surface area (Å²) in [7, 11) is 1.93. The van der Waals surface area contributed by atoms with Gasteiger partial charge in [-0.3, -0.25) is 4.79 Å². The summed E-state index contributed by atoms with van der Waals surface area (Å²) in [5.74, 6) is 4.21. The number of carbonyl (C=O) groups excluding carboxylic acids is 1. The summed E-state index contributed by atoms with van der Waals surface area (Å²) in [4.78, 5) is 11.2. The van der Waals surface area contributed by atoms with E-state index in [1.165, 1.54) is 71.1 Å². The monoisotopic (exact) mass is 376 g/mol. The van der Waals surface area contributed by atoms with Crippen molar-refractivity contribution >= 4 is 5.97 Å². The minimum absolute atomic E-state index is 0.129. The lowest BCUT2D eigenvalue weighted by Gasteiger charge is -2.61. The lowest BCUT2D eigenvalue weighted by Crippen LogP contribution is -2.55. The van der Waals surface area contributed by atoms with E-state index in [-0.39, 0.29) is 5.97 Å². The van der Waals surface area contributed by atoms with Crippen LogP contribution in [0.3, 0.4) is 0 Å². The molecular formula is C24H40O3. The van der Waals surface area contributed by atoms with E-state index in [1.807, 2.05) is 7.11 Å². The molecule has 0 bridgehead atoms. The molecule has 0 N–H and O–H groups in total. The van der Waals surface area contributed by atoms with Crippen LogP contribution in [0.25, 0.3) is 0 Å². The normalized spacial score (nSPS) is 46.3. The number of hydrogen-bond acceptors (Lipinski definition) is 3. The summed E-state index contributed by atoms with van der Waals surface area (Å²) in [6, 6.07) is 0. The topological polar surface area (TPSA) is 35.5 Å². The number of hydrogen-bond donors (Lipinski definition) is 0. The van der Waals surface area contributed by atoms with Gasteiger partial charge in [-0.15, -0.1) is 0 Å². The van der Waals surface area contributed by atoms with Crippen molar-refractivity contribution in [3.05, 3.63) is 0 Å². The van der Waals surface area contributed by atoms with Gasteiger partial charge in [0.05, 0.1) is 13.2 Å². The molecule has 0 amide bonds. The molecule has 0 radical (unpaired) electrons. The summed E-state index contributed by atoms with van der Waals surface area (Å²) in [5.41, 5.74) is 0.949. The van der Waals surface area contributed by atoms with Crippen molar-refractivity contribution in [3.63, 3.8) is 0 Å². The van der Waals surface area contributed by atoms with Crippen molar-refractivity contribution in [2.45, 2.75) is 84.5 Å². The Morgan fingerprint density at radius 1 is 1.00 bits per heavy atom. The van der Waals surface area contributed by atoms with Crippen LogP contribution in [0, 0.1) is 40.4 Å². The van der Waals surface area contributed by atoms with Gasteiger partial charge in [0.25, 0.3) is 0 Å². The highest BCUT2D eigenvalue weighted by atomic mass is 16.5. The first kappa shape index (κ1) is 19.7. The SMILES string of the molecule is COC[C@]12CCCCC1CC[C@@H]1[C@@H]2CC[C@]2(C)[C@@H](CCOC(C)=O)CC[C@@H]12. The third-order valence-electron chi connectivity index (χ3n) is 9.66. The highest BCUT2D eigenvalue weighted by Gasteiger charge is 2.60. The van der Waals surface area contributed by atoms with Crippen LogP contribution < -0.4 is 0 Å². The van der Waals surface area contributed by atoms with Gasteiger partial charge in [0.15, 0.2) is 0 Å². The van der Waals surface area contributed by atoms with Crippen LogP contribution in [0.15, 0.2) is 0 Å². The van der Waals surface area contributed by atoms with Gasteiger partial charge in [-0.1, -0.05) is 19.8 Å². The Balaban J connectivity index is 1.52. The van der Waals surface area contributed by atoms with Crippen LogP contribution in [0.2, 0.25) is 0 Å². The van der Waals surface area contributed by atoms with E-state index in [1.54, 1.807) is 0 Å². The van der Waals surface area contributed by atoms with Crippen LogP contribution in [-0.4, -0.2) is 26.3 Å². The van der Waals surface area contributed by atoms with E-state index < -0.39 is 0 Å². The molecule has 7 atom stereocenters. The van der Waals surface area contributed by atoms with Gasteiger partial charge in [-0.25, -0.2) is 0 Å². The predicted octanol–water partition coefficient (Wildman–Crippen LogP) is 5.62. The van der Waals surface area contributed by atoms with Gasteiger partial charge in [-0.2, -0.15) is 0 Å². The molecule has 4 aliphatic rings. The molecule has 0 aromatic heterocycles. The van der Waals surface area contributed by atoms with E-state index in [0.29, 0.717) is 17.4 Å². The predicted molar refractivity (Wildman–Crippen MR) is 107 cm³/mol. The molecule has 1 unspecified atom stereocenters. The molecule has 0 spiro atoms.